The lowest BCUT2D eigenvalue weighted by Crippen LogP contribution is -2.64. The van der Waals surface area contributed by atoms with E-state index in [9.17, 15) is 66.1 Å². The van der Waals surface area contributed by atoms with Crippen molar-refractivity contribution in [2.75, 3.05) is 6.61 Å². The fourth-order valence-electron chi connectivity index (χ4n) is 6.25. The van der Waals surface area contributed by atoms with Crippen LogP contribution in [0, 0.1) is 0 Å². The number of fused-ring (bicyclic) bond motifs is 1. The molecular formula is C33H40O20. The molecule has 20 heteroatoms. The molecule has 0 bridgehead atoms. The highest BCUT2D eigenvalue weighted by atomic mass is 16.8. The highest BCUT2D eigenvalue weighted by Crippen LogP contribution is 2.40. The van der Waals surface area contributed by atoms with Gasteiger partial charge < -0.3 is 94.1 Å². The van der Waals surface area contributed by atoms with Crippen LogP contribution in [0.3, 0.4) is 0 Å². The molecule has 0 radical (unpaired) electrons. The molecule has 292 valence electrons. The van der Waals surface area contributed by atoms with Gasteiger partial charge in [-0.1, -0.05) is 0 Å². The Morgan fingerprint density at radius 1 is 0.642 bits per heavy atom. The van der Waals surface area contributed by atoms with Gasteiger partial charge >= 0.3 is 0 Å². The van der Waals surface area contributed by atoms with Crippen molar-refractivity contribution in [1.82, 2.24) is 0 Å². The van der Waals surface area contributed by atoms with Gasteiger partial charge in [0.25, 0.3) is 0 Å². The molecule has 0 amide bonds. The Labute approximate surface area is 298 Å². The standard InChI is InChI=1S/C33H40O20/c1-9-19(38)23(42)26(45)31(48-9)53-30-25(44)20(39)10(2)49-33(30)47-8-17-21(40)24(43)27(46)32(51-17)52-29-22(41)18-15(37)6-12(34)7-16(18)50-28(29)11-3-4-13(35)14(36)5-11/h3-7,9-10,17,19-21,23-27,30-40,42-46H,8H2,1-2H3/t9-,10-,17+,19-,20-,21-,23+,24-,25+,26+,27+,30+,31-,32-,33+/m0/s1. The third-order valence-corrected chi connectivity index (χ3v) is 9.37. The van der Waals surface area contributed by atoms with Crippen molar-refractivity contribution in [3.63, 3.8) is 0 Å². The number of phenolic OH excluding ortho intramolecular Hbond substituents is 4. The molecule has 0 saturated carbocycles. The molecule has 6 rings (SSSR count). The van der Waals surface area contributed by atoms with E-state index in [1.54, 1.807) is 0 Å². The van der Waals surface area contributed by atoms with E-state index in [-0.39, 0.29) is 11.1 Å². The van der Waals surface area contributed by atoms with E-state index < -0.39 is 144 Å². The van der Waals surface area contributed by atoms with Gasteiger partial charge in [-0.25, -0.2) is 0 Å². The lowest BCUT2D eigenvalue weighted by atomic mass is 9.97. The van der Waals surface area contributed by atoms with Crippen LogP contribution in [0.2, 0.25) is 0 Å². The van der Waals surface area contributed by atoms with E-state index in [1.165, 1.54) is 19.9 Å². The summed E-state index contributed by atoms with van der Waals surface area (Å²) in [5.41, 5.74) is -1.46. The molecule has 53 heavy (non-hydrogen) atoms. The molecule has 15 atom stereocenters. The Balaban J connectivity index is 1.27. The van der Waals surface area contributed by atoms with Gasteiger partial charge in [-0.3, -0.25) is 4.79 Å². The number of benzene rings is 2. The predicted molar refractivity (Wildman–Crippen MR) is 171 cm³/mol. The number of hydrogen-bond donors (Lipinski definition) is 12. The molecule has 4 heterocycles. The summed E-state index contributed by atoms with van der Waals surface area (Å²) in [6, 6.07) is 5.14. The van der Waals surface area contributed by atoms with Gasteiger partial charge in [-0.05, 0) is 32.0 Å². The Morgan fingerprint density at radius 3 is 1.94 bits per heavy atom. The number of hydrogen-bond acceptors (Lipinski definition) is 20. The smallest absolute Gasteiger partial charge is 0.239 e. The largest absolute Gasteiger partial charge is 0.508 e. The lowest BCUT2D eigenvalue weighted by Gasteiger charge is -2.46. The molecule has 3 aromatic rings. The van der Waals surface area contributed by atoms with Gasteiger partial charge in [0.2, 0.25) is 17.5 Å². The minimum atomic E-state index is -2.04. The van der Waals surface area contributed by atoms with Crippen LogP contribution in [0.5, 0.6) is 28.7 Å². The van der Waals surface area contributed by atoms with Gasteiger partial charge in [0.1, 0.15) is 83.5 Å². The van der Waals surface area contributed by atoms with Gasteiger partial charge in [-0.15, -0.1) is 0 Å². The summed E-state index contributed by atoms with van der Waals surface area (Å²) in [4.78, 5) is 13.8. The van der Waals surface area contributed by atoms with Crippen LogP contribution in [0.4, 0.5) is 0 Å². The van der Waals surface area contributed by atoms with Crippen molar-refractivity contribution >= 4 is 11.0 Å². The zero-order chi connectivity index (χ0) is 38.6. The molecule has 20 nitrogen and oxygen atoms in total. The Kier molecular flexibility index (Phi) is 11.1. The van der Waals surface area contributed by atoms with Gasteiger partial charge in [-0.2, -0.15) is 0 Å². The van der Waals surface area contributed by atoms with Crippen LogP contribution in [0.1, 0.15) is 13.8 Å². The first-order valence-electron chi connectivity index (χ1n) is 16.4. The zero-order valence-electron chi connectivity index (χ0n) is 27.9. The number of rotatable bonds is 8. The second-order valence-electron chi connectivity index (χ2n) is 13.1. The maximum Gasteiger partial charge on any atom is 0.239 e. The van der Waals surface area contributed by atoms with E-state index in [0.717, 1.165) is 24.3 Å². The molecule has 0 aliphatic carbocycles. The normalized spacial score (nSPS) is 37.8. The summed E-state index contributed by atoms with van der Waals surface area (Å²) in [5, 5.41) is 125. The van der Waals surface area contributed by atoms with E-state index in [2.05, 4.69) is 0 Å². The van der Waals surface area contributed by atoms with Gasteiger partial charge in [0.15, 0.2) is 29.8 Å². The highest BCUT2D eigenvalue weighted by Gasteiger charge is 2.51. The molecule has 3 aliphatic rings. The Bertz CT molecular complexity index is 1830. The SMILES string of the molecule is C[C@@H]1O[C@@H](O[C@H]2[C@H](OC[C@H]3O[C@@H](Oc4c(-c5ccc(O)c(O)c5)oc5cc(O)cc(O)c5c4=O)[C@H](O)[C@@H](O)[C@H]3O)O[C@@H](C)[C@H](O)[C@H]2O)[C@H](O)[C@H](O)[C@H]1O. The molecule has 3 aliphatic heterocycles. The number of aliphatic hydroxyl groups excluding tert-OH is 8. The molecule has 0 spiro atoms. The van der Waals surface area contributed by atoms with Crippen molar-refractivity contribution in [1.29, 1.82) is 0 Å². The minimum absolute atomic E-state index is 0.0678. The summed E-state index contributed by atoms with van der Waals surface area (Å²) in [7, 11) is 0. The van der Waals surface area contributed by atoms with Gasteiger partial charge in [0, 0.05) is 17.7 Å². The summed E-state index contributed by atoms with van der Waals surface area (Å²) >= 11 is 0. The van der Waals surface area contributed by atoms with Crippen LogP contribution < -0.4 is 10.2 Å². The van der Waals surface area contributed by atoms with E-state index in [4.69, 9.17) is 32.8 Å². The lowest BCUT2D eigenvalue weighted by molar-refractivity contribution is -0.367. The number of phenols is 4. The molecule has 3 fully saturated rings. The summed E-state index contributed by atoms with van der Waals surface area (Å²) in [6.07, 6.45) is -24.7. The van der Waals surface area contributed by atoms with Crippen molar-refractivity contribution in [3.05, 3.63) is 40.6 Å². The average molecular weight is 757 g/mol. The fourth-order valence-corrected chi connectivity index (χ4v) is 6.25. The highest BCUT2D eigenvalue weighted by molar-refractivity contribution is 5.88. The van der Waals surface area contributed by atoms with E-state index >= 15 is 0 Å². The van der Waals surface area contributed by atoms with E-state index in [0.29, 0.717) is 0 Å². The van der Waals surface area contributed by atoms with Crippen molar-refractivity contribution in [2.45, 2.75) is 106 Å². The Morgan fingerprint density at radius 2 is 1.26 bits per heavy atom. The third-order valence-electron chi connectivity index (χ3n) is 9.37. The number of aromatic hydroxyl groups is 4. The summed E-state index contributed by atoms with van der Waals surface area (Å²) < 4.78 is 39.8. The van der Waals surface area contributed by atoms with Crippen LogP contribution in [0.15, 0.2) is 39.5 Å². The fraction of sp³-hybridized carbons (Fsp3) is 0.545. The van der Waals surface area contributed by atoms with Crippen molar-refractivity contribution in [3.8, 4) is 40.1 Å². The molecule has 3 saturated heterocycles. The molecular weight excluding hydrogens is 716 g/mol. The maximum atomic E-state index is 13.8. The molecule has 1 aromatic heterocycles. The van der Waals surface area contributed by atoms with Crippen LogP contribution >= 0.6 is 0 Å². The predicted octanol–water partition coefficient (Wildman–Crippen LogP) is -2.84. The second-order valence-corrected chi connectivity index (χ2v) is 13.1. The van der Waals surface area contributed by atoms with Crippen molar-refractivity contribution < 1.29 is 94.1 Å². The monoisotopic (exact) mass is 756 g/mol. The second kappa shape index (κ2) is 15.1. The summed E-state index contributed by atoms with van der Waals surface area (Å²) in [5.74, 6) is -3.53. The topological polar surface area (TPSA) is 328 Å². The minimum Gasteiger partial charge on any atom is -0.508 e. The summed E-state index contributed by atoms with van der Waals surface area (Å²) in [6.45, 7) is 2.08. The van der Waals surface area contributed by atoms with Crippen LogP contribution in [-0.4, -0.2) is 160 Å². The maximum absolute atomic E-state index is 13.8. The quantitative estimate of drug-likeness (QED) is 0.103. The molecule has 0 unspecified atom stereocenters. The van der Waals surface area contributed by atoms with Crippen LogP contribution in [-0.2, 0) is 23.7 Å². The number of ether oxygens (including phenoxy) is 6. The first-order valence-corrected chi connectivity index (χ1v) is 16.4. The number of aliphatic hydroxyl groups is 8. The van der Waals surface area contributed by atoms with Crippen molar-refractivity contribution in [2.24, 2.45) is 0 Å². The first kappa shape index (κ1) is 38.8. The van der Waals surface area contributed by atoms with Gasteiger partial charge in [0.05, 0.1) is 18.8 Å². The van der Waals surface area contributed by atoms with Crippen LogP contribution in [0.25, 0.3) is 22.3 Å². The third kappa shape index (κ3) is 7.34. The average Bonchev–Trinajstić information content (AvgIpc) is 3.11. The zero-order valence-corrected chi connectivity index (χ0v) is 27.9. The van der Waals surface area contributed by atoms with E-state index in [1.807, 2.05) is 0 Å². The molecule has 2 aromatic carbocycles. The Hall–Kier alpha value is -3.87. The molecule has 12 N–H and O–H groups in total. The first-order chi connectivity index (χ1) is 25.0.